The Morgan fingerprint density at radius 1 is 1.32 bits per heavy atom. The van der Waals surface area contributed by atoms with Crippen LogP contribution in [0.2, 0.25) is 0 Å². The zero-order chi connectivity index (χ0) is 17.4. The third kappa shape index (κ3) is 3.16. The number of aromatic nitrogens is 4. The normalized spacial score (nSPS) is 18.0. The van der Waals surface area contributed by atoms with Crippen LogP contribution in [0.15, 0.2) is 36.9 Å². The van der Waals surface area contributed by atoms with Crippen LogP contribution in [0.3, 0.4) is 0 Å². The third-order valence-corrected chi connectivity index (χ3v) is 4.91. The molecular weight excluding hydrogens is 314 g/mol. The molecule has 6 heteroatoms. The van der Waals surface area contributed by atoms with Crippen molar-refractivity contribution >= 4 is 11.6 Å². The smallest absolute Gasteiger partial charge is 0.228 e. The maximum atomic E-state index is 12.8. The van der Waals surface area contributed by atoms with Crippen molar-refractivity contribution in [2.75, 3.05) is 13.1 Å². The molecule has 0 saturated carbocycles. The van der Waals surface area contributed by atoms with Gasteiger partial charge in [0.05, 0.1) is 24.4 Å². The highest BCUT2D eigenvalue weighted by atomic mass is 16.2. The van der Waals surface area contributed by atoms with Gasteiger partial charge in [0, 0.05) is 31.7 Å². The van der Waals surface area contributed by atoms with E-state index in [0.717, 1.165) is 48.4 Å². The van der Waals surface area contributed by atoms with Gasteiger partial charge >= 0.3 is 0 Å². The molecule has 1 aliphatic rings. The van der Waals surface area contributed by atoms with Crippen molar-refractivity contribution in [3.63, 3.8) is 0 Å². The lowest BCUT2D eigenvalue weighted by Gasteiger charge is -2.32. The Labute approximate surface area is 147 Å². The predicted octanol–water partition coefficient (Wildman–Crippen LogP) is 2.55. The number of amides is 1. The van der Waals surface area contributed by atoms with E-state index in [-0.39, 0.29) is 11.9 Å². The van der Waals surface area contributed by atoms with Crippen LogP contribution in [0.4, 0.5) is 0 Å². The average molecular weight is 337 g/mol. The predicted molar refractivity (Wildman–Crippen MR) is 95.4 cm³/mol. The average Bonchev–Trinajstić information content (AvgIpc) is 3.22. The zero-order valence-corrected chi connectivity index (χ0v) is 14.7. The Morgan fingerprint density at radius 3 is 2.96 bits per heavy atom. The van der Waals surface area contributed by atoms with E-state index >= 15 is 0 Å². The topological polar surface area (TPSA) is 55.4 Å². The number of fused-ring (bicyclic) bond motifs is 1. The van der Waals surface area contributed by atoms with Crippen molar-refractivity contribution in [1.29, 1.82) is 0 Å². The fourth-order valence-electron chi connectivity index (χ4n) is 3.59. The third-order valence-electron chi connectivity index (χ3n) is 4.91. The molecule has 4 heterocycles. The molecule has 3 aromatic heterocycles. The summed E-state index contributed by atoms with van der Waals surface area (Å²) < 4.78 is 3.99. The van der Waals surface area contributed by atoms with Crippen molar-refractivity contribution < 1.29 is 4.79 Å². The summed E-state index contributed by atoms with van der Waals surface area (Å²) in [7, 11) is 0. The molecule has 1 aliphatic heterocycles. The number of imidazole rings is 1. The van der Waals surface area contributed by atoms with Crippen molar-refractivity contribution in [3.8, 4) is 0 Å². The molecule has 6 nitrogen and oxygen atoms in total. The largest absolute Gasteiger partial charge is 0.340 e. The molecule has 0 aliphatic carbocycles. The van der Waals surface area contributed by atoms with Gasteiger partial charge in [-0.05, 0) is 43.9 Å². The van der Waals surface area contributed by atoms with E-state index in [0.29, 0.717) is 6.42 Å². The summed E-state index contributed by atoms with van der Waals surface area (Å²) in [6.07, 6.45) is 10.3. The quantitative estimate of drug-likeness (QED) is 0.738. The van der Waals surface area contributed by atoms with Crippen LogP contribution in [0.5, 0.6) is 0 Å². The molecule has 1 saturated heterocycles. The Bertz CT molecular complexity index is 910. The van der Waals surface area contributed by atoms with Crippen LogP contribution in [0.1, 0.15) is 35.7 Å². The summed E-state index contributed by atoms with van der Waals surface area (Å²) in [4.78, 5) is 19.3. The Morgan fingerprint density at radius 2 is 2.20 bits per heavy atom. The van der Waals surface area contributed by atoms with Crippen LogP contribution in [0, 0.1) is 13.8 Å². The molecular formula is C19H23N5O. The minimum Gasteiger partial charge on any atom is -0.340 e. The molecule has 0 N–H and O–H groups in total. The Kier molecular flexibility index (Phi) is 4.03. The van der Waals surface area contributed by atoms with Gasteiger partial charge in [-0.2, -0.15) is 5.10 Å². The first-order chi connectivity index (χ1) is 12.1. The van der Waals surface area contributed by atoms with Gasteiger partial charge in [-0.15, -0.1) is 0 Å². The lowest BCUT2D eigenvalue weighted by atomic mass is 10.1. The van der Waals surface area contributed by atoms with Crippen LogP contribution in [-0.4, -0.2) is 43.1 Å². The second-order valence-corrected chi connectivity index (χ2v) is 6.96. The van der Waals surface area contributed by atoms with Crippen LogP contribution >= 0.6 is 0 Å². The molecule has 1 amide bonds. The molecule has 3 aromatic rings. The van der Waals surface area contributed by atoms with E-state index in [9.17, 15) is 4.79 Å². The monoisotopic (exact) mass is 337 g/mol. The van der Waals surface area contributed by atoms with Gasteiger partial charge in [-0.25, -0.2) is 4.98 Å². The van der Waals surface area contributed by atoms with Crippen molar-refractivity contribution in [2.45, 2.75) is 39.2 Å². The highest BCUT2D eigenvalue weighted by Gasteiger charge is 2.25. The second kappa shape index (κ2) is 6.35. The van der Waals surface area contributed by atoms with Gasteiger partial charge in [0.2, 0.25) is 5.91 Å². The zero-order valence-electron chi connectivity index (χ0n) is 14.7. The molecule has 130 valence electrons. The van der Waals surface area contributed by atoms with Gasteiger partial charge < -0.3 is 9.30 Å². The molecule has 0 radical (unpaired) electrons. The second-order valence-electron chi connectivity index (χ2n) is 6.96. The van der Waals surface area contributed by atoms with Gasteiger partial charge in [-0.1, -0.05) is 6.07 Å². The molecule has 1 atom stereocenters. The van der Waals surface area contributed by atoms with Crippen molar-refractivity contribution in [2.24, 2.45) is 0 Å². The first kappa shape index (κ1) is 15.9. The number of aryl methyl sites for hydroxylation is 2. The molecule has 0 unspecified atom stereocenters. The number of rotatable bonds is 3. The fraction of sp³-hybridized carbons (Fsp3) is 0.421. The minimum atomic E-state index is 0.148. The van der Waals surface area contributed by atoms with E-state index in [1.807, 2.05) is 58.6 Å². The van der Waals surface area contributed by atoms with Gasteiger partial charge in [0.15, 0.2) is 0 Å². The van der Waals surface area contributed by atoms with E-state index < -0.39 is 0 Å². The number of likely N-dealkylation sites (tertiary alicyclic amines) is 1. The number of pyridine rings is 1. The summed E-state index contributed by atoms with van der Waals surface area (Å²) >= 11 is 0. The lowest BCUT2D eigenvalue weighted by Crippen LogP contribution is -2.41. The van der Waals surface area contributed by atoms with E-state index in [4.69, 9.17) is 0 Å². The van der Waals surface area contributed by atoms with Crippen LogP contribution in [0.25, 0.3) is 5.65 Å². The van der Waals surface area contributed by atoms with Gasteiger partial charge in [-0.3, -0.25) is 9.48 Å². The number of hydrogen-bond donors (Lipinski definition) is 0. The Balaban J connectivity index is 1.47. The lowest BCUT2D eigenvalue weighted by molar-refractivity contribution is -0.132. The van der Waals surface area contributed by atoms with Crippen molar-refractivity contribution in [1.82, 2.24) is 24.1 Å². The molecule has 0 spiro atoms. The number of hydrogen-bond acceptors (Lipinski definition) is 3. The summed E-state index contributed by atoms with van der Waals surface area (Å²) in [6, 6.07) is 4.31. The van der Waals surface area contributed by atoms with Crippen LogP contribution < -0.4 is 0 Å². The summed E-state index contributed by atoms with van der Waals surface area (Å²) in [5.74, 6) is 0.148. The van der Waals surface area contributed by atoms with E-state index in [1.54, 1.807) is 0 Å². The summed E-state index contributed by atoms with van der Waals surface area (Å²) in [5.41, 5.74) is 4.03. The standard InChI is InChI=1S/C19H23N5O/c1-14-10-20-24(11-14)17-6-4-7-22(13-17)18(25)9-16-12-23-8-3-5-15(2)19(23)21-16/h3,5,8,10-12,17H,4,6-7,9,13H2,1-2H3/t17-/m0/s1. The maximum Gasteiger partial charge on any atom is 0.228 e. The molecule has 0 aromatic carbocycles. The molecule has 25 heavy (non-hydrogen) atoms. The van der Waals surface area contributed by atoms with E-state index in [2.05, 4.69) is 16.3 Å². The number of carbonyl (C=O) groups excluding carboxylic acids is 1. The number of nitrogens with zero attached hydrogens (tertiary/aromatic N) is 5. The van der Waals surface area contributed by atoms with Crippen molar-refractivity contribution in [3.05, 3.63) is 53.7 Å². The number of carbonyl (C=O) groups is 1. The summed E-state index contributed by atoms with van der Waals surface area (Å²) in [6.45, 7) is 5.63. The van der Waals surface area contributed by atoms with Gasteiger partial charge in [0.1, 0.15) is 5.65 Å². The molecule has 1 fully saturated rings. The van der Waals surface area contributed by atoms with Gasteiger partial charge in [0.25, 0.3) is 0 Å². The van der Waals surface area contributed by atoms with E-state index in [1.165, 1.54) is 0 Å². The Hall–Kier alpha value is -2.63. The summed E-state index contributed by atoms with van der Waals surface area (Å²) in [5, 5.41) is 4.42. The van der Waals surface area contributed by atoms with Crippen LogP contribution in [-0.2, 0) is 11.2 Å². The maximum absolute atomic E-state index is 12.8. The highest BCUT2D eigenvalue weighted by Crippen LogP contribution is 2.22. The fourth-order valence-corrected chi connectivity index (χ4v) is 3.59. The molecule has 0 bridgehead atoms. The SMILES string of the molecule is Cc1cnn([C@H]2CCCN(C(=O)Cc3cn4cccc(C)c4n3)C2)c1. The first-order valence-electron chi connectivity index (χ1n) is 8.82. The number of piperidine rings is 1. The first-order valence-corrected chi connectivity index (χ1v) is 8.82. The minimum absolute atomic E-state index is 0.148. The molecule has 4 rings (SSSR count). The highest BCUT2D eigenvalue weighted by molar-refractivity contribution is 5.78.